The molecule has 1 unspecified atom stereocenters. The van der Waals surface area contributed by atoms with Gasteiger partial charge in [-0.15, -0.1) is 0 Å². The third kappa shape index (κ3) is 4.23. The number of aromatic nitrogens is 1. The first-order chi connectivity index (χ1) is 13.2. The highest BCUT2D eigenvalue weighted by Crippen LogP contribution is 2.46. The van der Waals surface area contributed by atoms with Crippen molar-refractivity contribution in [3.63, 3.8) is 0 Å². The summed E-state index contributed by atoms with van der Waals surface area (Å²) < 4.78 is 11.9. The minimum atomic E-state index is -0.119. The number of benzene rings is 1. The molecule has 0 saturated carbocycles. The summed E-state index contributed by atoms with van der Waals surface area (Å²) in [6.07, 6.45) is 6.02. The number of hydrogen-bond donors (Lipinski definition) is 1. The van der Waals surface area contributed by atoms with Gasteiger partial charge in [-0.25, -0.2) is 0 Å². The Morgan fingerprint density at radius 2 is 2.07 bits per heavy atom. The summed E-state index contributed by atoms with van der Waals surface area (Å²) in [5.41, 5.74) is 3.80. The van der Waals surface area contributed by atoms with E-state index in [-0.39, 0.29) is 11.0 Å². The summed E-state index contributed by atoms with van der Waals surface area (Å²) in [6.45, 7) is 6.34. The van der Waals surface area contributed by atoms with Crippen LogP contribution in [0.15, 0.2) is 48.7 Å². The van der Waals surface area contributed by atoms with Crippen LogP contribution in [0.1, 0.15) is 42.5 Å². The molecule has 27 heavy (non-hydrogen) atoms. The highest BCUT2D eigenvalue weighted by Gasteiger charge is 2.49. The number of ether oxygens (including phenoxy) is 2. The molecule has 2 fully saturated rings. The van der Waals surface area contributed by atoms with E-state index in [2.05, 4.69) is 48.6 Å². The number of rotatable bonds is 6. The fourth-order valence-corrected chi connectivity index (χ4v) is 4.68. The van der Waals surface area contributed by atoms with E-state index in [9.17, 15) is 0 Å². The molecule has 2 aliphatic rings. The van der Waals surface area contributed by atoms with Crippen LogP contribution in [0.2, 0.25) is 0 Å². The molecule has 0 amide bonds. The van der Waals surface area contributed by atoms with Gasteiger partial charge in [0.2, 0.25) is 0 Å². The van der Waals surface area contributed by atoms with Gasteiger partial charge < -0.3 is 14.8 Å². The maximum Gasteiger partial charge on any atom is 0.0945 e. The molecule has 3 heterocycles. The molecule has 4 rings (SSSR count). The molecule has 1 aromatic heterocycles. The predicted octanol–water partition coefficient (Wildman–Crippen LogP) is 3.78. The van der Waals surface area contributed by atoms with Gasteiger partial charge in [-0.3, -0.25) is 4.98 Å². The fourth-order valence-electron chi connectivity index (χ4n) is 4.68. The van der Waals surface area contributed by atoms with Gasteiger partial charge in [-0.2, -0.15) is 0 Å². The first-order valence-corrected chi connectivity index (χ1v) is 10.1. The lowest BCUT2D eigenvalue weighted by Crippen LogP contribution is -2.49. The summed E-state index contributed by atoms with van der Waals surface area (Å²) in [6, 6.07) is 15.0. The van der Waals surface area contributed by atoms with E-state index in [1.165, 1.54) is 16.8 Å². The lowest BCUT2D eigenvalue weighted by Gasteiger charge is -2.45. The smallest absolute Gasteiger partial charge is 0.0945 e. The molecule has 2 aromatic rings. The molecular formula is C23H30N2O2. The van der Waals surface area contributed by atoms with Crippen molar-refractivity contribution >= 4 is 0 Å². The average Bonchev–Trinajstić information content (AvgIpc) is 3.13. The van der Waals surface area contributed by atoms with Crippen molar-refractivity contribution in [3.8, 4) is 0 Å². The third-order valence-electron chi connectivity index (χ3n) is 6.12. The Hall–Kier alpha value is -1.75. The van der Waals surface area contributed by atoms with Crippen LogP contribution in [0.25, 0.3) is 0 Å². The van der Waals surface area contributed by atoms with Gasteiger partial charge in [0, 0.05) is 43.5 Å². The number of aryl methyl sites for hydroxylation is 1. The van der Waals surface area contributed by atoms with Crippen LogP contribution >= 0.6 is 0 Å². The molecule has 2 aliphatic heterocycles. The zero-order valence-electron chi connectivity index (χ0n) is 16.2. The van der Waals surface area contributed by atoms with Gasteiger partial charge in [-0.05, 0) is 50.4 Å². The second-order valence-corrected chi connectivity index (χ2v) is 8.17. The molecule has 144 valence electrons. The molecule has 1 spiro atoms. The molecule has 4 nitrogen and oxygen atoms in total. The van der Waals surface area contributed by atoms with Crippen molar-refractivity contribution in [1.82, 2.24) is 10.3 Å². The second kappa shape index (κ2) is 8.09. The Morgan fingerprint density at radius 1 is 1.11 bits per heavy atom. The van der Waals surface area contributed by atoms with Crippen LogP contribution in [0.3, 0.4) is 0 Å². The topological polar surface area (TPSA) is 43.4 Å². The molecule has 0 radical (unpaired) electrons. The minimum absolute atomic E-state index is 0.0623. The van der Waals surface area contributed by atoms with Crippen LogP contribution in [0.5, 0.6) is 0 Å². The molecular weight excluding hydrogens is 336 g/mol. The number of pyridine rings is 1. The van der Waals surface area contributed by atoms with Crippen molar-refractivity contribution in [2.24, 2.45) is 0 Å². The molecule has 1 N–H and O–H groups in total. The summed E-state index contributed by atoms with van der Waals surface area (Å²) in [5, 5.41) is 3.65. The van der Waals surface area contributed by atoms with E-state index < -0.39 is 0 Å². The Kier molecular flexibility index (Phi) is 5.58. The average molecular weight is 367 g/mol. The van der Waals surface area contributed by atoms with E-state index in [0.717, 1.165) is 58.6 Å². The number of nitrogens with one attached hydrogen (secondary N) is 1. The molecule has 2 atom stereocenters. The lowest BCUT2D eigenvalue weighted by molar-refractivity contribution is -0.109. The van der Waals surface area contributed by atoms with Crippen LogP contribution in [0, 0.1) is 6.92 Å². The van der Waals surface area contributed by atoms with Crippen molar-refractivity contribution in [2.75, 3.05) is 26.4 Å². The first kappa shape index (κ1) is 18.6. The molecule has 1 aromatic carbocycles. The Bertz CT molecular complexity index is 743. The van der Waals surface area contributed by atoms with E-state index in [4.69, 9.17) is 14.5 Å². The summed E-state index contributed by atoms with van der Waals surface area (Å²) >= 11 is 0. The molecule has 2 saturated heterocycles. The van der Waals surface area contributed by atoms with E-state index >= 15 is 0 Å². The maximum absolute atomic E-state index is 6.22. The Balaban J connectivity index is 1.45. The predicted molar refractivity (Wildman–Crippen MR) is 107 cm³/mol. The van der Waals surface area contributed by atoms with Gasteiger partial charge in [0.1, 0.15) is 0 Å². The Morgan fingerprint density at radius 3 is 2.85 bits per heavy atom. The SMILES string of the molecule is Cc1cccc(CNCC[C@@]2(c3ccccn3)CCOC3(CCOC3)C2)c1. The normalized spacial score (nSPS) is 27.9. The van der Waals surface area contributed by atoms with E-state index in [1.807, 2.05) is 12.3 Å². The van der Waals surface area contributed by atoms with Gasteiger partial charge >= 0.3 is 0 Å². The van der Waals surface area contributed by atoms with Crippen molar-refractivity contribution < 1.29 is 9.47 Å². The van der Waals surface area contributed by atoms with Crippen molar-refractivity contribution in [3.05, 3.63) is 65.5 Å². The lowest BCUT2D eigenvalue weighted by atomic mass is 9.68. The summed E-state index contributed by atoms with van der Waals surface area (Å²) in [4.78, 5) is 4.75. The van der Waals surface area contributed by atoms with E-state index in [1.54, 1.807) is 0 Å². The van der Waals surface area contributed by atoms with Crippen LogP contribution in [-0.4, -0.2) is 37.0 Å². The summed E-state index contributed by atoms with van der Waals surface area (Å²) in [5.74, 6) is 0. The van der Waals surface area contributed by atoms with Gasteiger partial charge in [0.25, 0.3) is 0 Å². The highest BCUT2D eigenvalue weighted by molar-refractivity contribution is 5.23. The molecule has 4 heteroatoms. The van der Waals surface area contributed by atoms with Crippen molar-refractivity contribution in [1.29, 1.82) is 0 Å². The number of nitrogens with zero attached hydrogens (tertiary/aromatic N) is 1. The quantitative estimate of drug-likeness (QED) is 0.790. The highest BCUT2D eigenvalue weighted by atomic mass is 16.6. The van der Waals surface area contributed by atoms with Crippen LogP contribution in [-0.2, 0) is 21.4 Å². The summed E-state index contributed by atoms with van der Waals surface area (Å²) in [7, 11) is 0. The van der Waals surface area contributed by atoms with Gasteiger partial charge in [-0.1, -0.05) is 35.9 Å². The zero-order chi connectivity index (χ0) is 18.6. The third-order valence-corrected chi connectivity index (χ3v) is 6.12. The number of hydrogen-bond acceptors (Lipinski definition) is 4. The molecule has 0 aliphatic carbocycles. The minimum Gasteiger partial charge on any atom is -0.378 e. The second-order valence-electron chi connectivity index (χ2n) is 8.17. The molecule has 0 bridgehead atoms. The fraction of sp³-hybridized carbons (Fsp3) is 0.522. The monoisotopic (exact) mass is 366 g/mol. The standard InChI is InChI=1S/C23H30N2O2/c1-19-5-4-6-20(15-19)16-24-12-8-22(21-7-2-3-11-25-21)9-14-27-23(17-22)10-13-26-18-23/h2-7,11,15,24H,8-10,12-14,16-18H2,1H3/t22-,23?/m1/s1. The van der Waals surface area contributed by atoms with Gasteiger partial charge in [0.15, 0.2) is 0 Å². The van der Waals surface area contributed by atoms with E-state index in [0.29, 0.717) is 0 Å². The van der Waals surface area contributed by atoms with Gasteiger partial charge in [0.05, 0.1) is 12.2 Å². The largest absolute Gasteiger partial charge is 0.378 e. The maximum atomic E-state index is 6.22. The van der Waals surface area contributed by atoms with Crippen LogP contribution in [0.4, 0.5) is 0 Å². The first-order valence-electron chi connectivity index (χ1n) is 10.1. The van der Waals surface area contributed by atoms with Crippen LogP contribution < -0.4 is 5.32 Å². The van der Waals surface area contributed by atoms with Crippen molar-refractivity contribution in [2.45, 2.75) is 50.2 Å². The Labute approximate surface area is 162 Å². The zero-order valence-corrected chi connectivity index (χ0v) is 16.2.